The van der Waals surface area contributed by atoms with Crippen molar-refractivity contribution in [1.82, 2.24) is 4.68 Å². The number of carboxylic acids is 1. The summed E-state index contributed by atoms with van der Waals surface area (Å²) >= 11 is 0. The highest BCUT2D eigenvalue weighted by Gasteiger charge is 2.23. The number of hydrogen-bond acceptors (Lipinski definition) is 5. The van der Waals surface area contributed by atoms with Gasteiger partial charge in [-0.2, -0.15) is 4.68 Å². The lowest BCUT2D eigenvalue weighted by Gasteiger charge is -2.17. The number of benzene rings is 2. The van der Waals surface area contributed by atoms with Crippen molar-refractivity contribution in [2.24, 2.45) is 14.1 Å². The van der Waals surface area contributed by atoms with Crippen molar-refractivity contribution >= 4 is 5.97 Å². The third kappa shape index (κ3) is 5.88. The normalized spacial score (nSPS) is 10.9. The standard InChI is InChI=1S/C19H18N2O2.ClHO4/c1-20-15(12-14-8-4-3-5-9-14)13-18(21(20)2)16-10-6-7-11-17(16)19(22)23;2-1(3,4)5/h3-11,13H,12H2,1-2H3;(H,2,3,4,5). The van der Waals surface area contributed by atoms with Crippen molar-refractivity contribution in [3.05, 3.63) is 77.5 Å². The molecule has 9 heteroatoms. The number of carboxylic acid groups (broad SMARTS) is 1. The first-order valence-electron chi connectivity index (χ1n) is 8.11. The topological polar surface area (TPSA) is 138 Å². The average molecular weight is 407 g/mol. The van der Waals surface area contributed by atoms with Gasteiger partial charge in [-0.05, 0) is 17.7 Å². The van der Waals surface area contributed by atoms with E-state index in [9.17, 15) is 9.90 Å². The summed E-state index contributed by atoms with van der Waals surface area (Å²) in [6.07, 6.45) is 0.806. The van der Waals surface area contributed by atoms with Gasteiger partial charge >= 0.3 is 5.97 Å². The highest BCUT2D eigenvalue weighted by molar-refractivity contribution is 5.95. The van der Waals surface area contributed by atoms with E-state index >= 15 is 0 Å². The van der Waals surface area contributed by atoms with Gasteiger partial charge in [0.25, 0.3) is 0 Å². The van der Waals surface area contributed by atoms with Gasteiger partial charge in [-0.25, -0.2) is 23.4 Å². The van der Waals surface area contributed by atoms with Crippen molar-refractivity contribution in [1.29, 1.82) is 0 Å². The average Bonchev–Trinajstić information content (AvgIpc) is 2.89. The molecule has 0 saturated heterocycles. The molecule has 3 rings (SSSR count). The van der Waals surface area contributed by atoms with Crippen LogP contribution < -0.4 is 23.3 Å². The number of aromatic carboxylic acids is 1. The molecule has 1 aromatic heterocycles. The molecule has 8 nitrogen and oxygen atoms in total. The lowest BCUT2D eigenvalue weighted by atomic mass is 10.0. The van der Waals surface area contributed by atoms with Crippen LogP contribution in [0.5, 0.6) is 0 Å². The van der Waals surface area contributed by atoms with E-state index in [1.54, 1.807) is 12.1 Å². The van der Waals surface area contributed by atoms with E-state index in [1.807, 2.05) is 49.1 Å². The van der Waals surface area contributed by atoms with E-state index in [0.717, 1.165) is 23.4 Å². The molecule has 0 atom stereocenters. The molecule has 0 radical (unpaired) electrons. The van der Waals surface area contributed by atoms with E-state index in [1.165, 1.54) is 5.56 Å². The van der Waals surface area contributed by atoms with Crippen LogP contribution in [-0.4, -0.2) is 15.8 Å². The summed E-state index contributed by atoms with van der Waals surface area (Å²) in [5, 5.41) is 9.41. The lowest BCUT2D eigenvalue weighted by Crippen LogP contribution is -2.68. The molecule has 0 bridgehead atoms. The van der Waals surface area contributed by atoms with E-state index in [-0.39, 0.29) is 0 Å². The molecule has 0 aliphatic carbocycles. The van der Waals surface area contributed by atoms with Crippen LogP contribution in [0.25, 0.3) is 11.3 Å². The molecule has 3 aromatic rings. The smallest absolute Gasteiger partial charge is 0.336 e. The zero-order valence-corrected chi connectivity index (χ0v) is 16.0. The summed E-state index contributed by atoms with van der Waals surface area (Å²) < 4.78 is 38.0. The number of halogens is 1. The van der Waals surface area contributed by atoms with Crippen LogP contribution in [-0.2, 0) is 20.5 Å². The van der Waals surface area contributed by atoms with Crippen LogP contribution in [0.1, 0.15) is 21.6 Å². The molecule has 1 N–H and O–H groups in total. The highest BCUT2D eigenvalue weighted by atomic mass is 35.7. The summed E-state index contributed by atoms with van der Waals surface area (Å²) in [5.41, 5.74) is 4.31. The number of aromatic nitrogens is 2. The van der Waals surface area contributed by atoms with Gasteiger partial charge in [0.1, 0.15) is 0 Å². The van der Waals surface area contributed by atoms with Gasteiger partial charge in [-0.3, -0.25) is 0 Å². The second-order valence-electron chi connectivity index (χ2n) is 5.96. The van der Waals surface area contributed by atoms with Crippen molar-refractivity contribution < 1.29 is 43.5 Å². The van der Waals surface area contributed by atoms with Crippen LogP contribution in [0.15, 0.2) is 60.7 Å². The molecule has 2 aromatic carbocycles. The Labute approximate surface area is 163 Å². The maximum atomic E-state index is 11.5. The molecule has 0 aliphatic rings. The number of carbonyl (C=O) groups is 1. The molecule has 28 heavy (non-hydrogen) atoms. The minimum Gasteiger partial charge on any atom is -0.478 e. The van der Waals surface area contributed by atoms with Gasteiger partial charge in [0, 0.05) is 12.5 Å². The fourth-order valence-corrected chi connectivity index (χ4v) is 2.81. The Morgan fingerprint density at radius 3 is 2.14 bits per heavy atom. The molecule has 0 spiro atoms. The number of rotatable bonds is 4. The summed E-state index contributed by atoms with van der Waals surface area (Å²) in [7, 11) is -1.01. The Morgan fingerprint density at radius 2 is 1.57 bits per heavy atom. The lowest BCUT2D eigenvalue weighted by molar-refractivity contribution is -2.00. The second-order valence-corrected chi connectivity index (χ2v) is 6.72. The van der Waals surface area contributed by atoms with Crippen LogP contribution >= 0.6 is 0 Å². The van der Waals surface area contributed by atoms with Crippen LogP contribution in [0.3, 0.4) is 0 Å². The maximum absolute atomic E-state index is 11.5. The quantitative estimate of drug-likeness (QED) is 0.500. The fraction of sp³-hybridized carbons (Fsp3) is 0.158. The molecule has 0 amide bonds. The molecule has 0 unspecified atom stereocenters. The number of nitrogens with zero attached hydrogens (tertiary/aromatic N) is 2. The van der Waals surface area contributed by atoms with Gasteiger partial charge in [0.15, 0.2) is 7.05 Å². The Morgan fingerprint density at radius 1 is 1.04 bits per heavy atom. The fourth-order valence-electron chi connectivity index (χ4n) is 2.81. The van der Waals surface area contributed by atoms with Crippen molar-refractivity contribution in [2.45, 2.75) is 6.42 Å². The summed E-state index contributed by atoms with van der Waals surface area (Å²) in [4.78, 5) is 11.5. The SMILES string of the molecule is Cn1c(Cc2ccccc2)cc(-c2ccccc2C(=O)O)[n+]1C.[O-][Cl+3]([O-])([O-])[O-]. The minimum absolute atomic E-state index is 0.319. The molecule has 148 valence electrons. The van der Waals surface area contributed by atoms with Gasteiger partial charge in [-0.15, -0.1) is 14.9 Å². The molecule has 0 fully saturated rings. The van der Waals surface area contributed by atoms with E-state index in [4.69, 9.17) is 18.6 Å². The third-order valence-corrected chi connectivity index (χ3v) is 4.18. The predicted octanol–water partition coefficient (Wildman–Crippen LogP) is -1.95. The zero-order valence-electron chi connectivity index (χ0n) is 15.2. The number of hydrogen-bond donors (Lipinski definition) is 1. The largest absolute Gasteiger partial charge is 0.478 e. The summed E-state index contributed by atoms with van der Waals surface area (Å²) in [5.74, 6) is -0.908. The highest BCUT2D eigenvalue weighted by Crippen LogP contribution is 2.23. The molecular formula is C19H19ClN2O6. The molecular weight excluding hydrogens is 388 g/mol. The van der Waals surface area contributed by atoms with Crippen LogP contribution in [0.2, 0.25) is 0 Å². The first kappa shape index (κ1) is 21.5. The van der Waals surface area contributed by atoms with Gasteiger partial charge < -0.3 is 5.11 Å². The van der Waals surface area contributed by atoms with Crippen LogP contribution in [0, 0.1) is 10.2 Å². The van der Waals surface area contributed by atoms with E-state index in [2.05, 4.69) is 22.9 Å². The Hall–Kier alpha value is -2.75. The van der Waals surface area contributed by atoms with Crippen molar-refractivity contribution in [3.63, 3.8) is 0 Å². The summed E-state index contributed by atoms with van der Waals surface area (Å²) in [6, 6.07) is 19.4. The third-order valence-electron chi connectivity index (χ3n) is 4.18. The first-order chi connectivity index (χ1) is 13.1. The Balaban J connectivity index is 0.000000500. The minimum atomic E-state index is -4.94. The van der Waals surface area contributed by atoms with Crippen molar-refractivity contribution in [3.8, 4) is 11.3 Å². The van der Waals surface area contributed by atoms with Crippen molar-refractivity contribution in [2.75, 3.05) is 0 Å². The first-order valence-corrected chi connectivity index (χ1v) is 9.34. The second kappa shape index (κ2) is 8.96. The zero-order chi connectivity index (χ0) is 20.9. The molecule has 1 heterocycles. The summed E-state index contributed by atoms with van der Waals surface area (Å²) in [6.45, 7) is 0. The van der Waals surface area contributed by atoms with E-state index in [0.29, 0.717) is 5.56 Å². The van der Waals surface area contributed by atoms with E-state index < -0.39 is 16.2 Å². The van der Waals surface area contributed by atoms with Gasteiger partial charge in [0.2, 0.25) is 5.69 Å². The Bertz CT molecular complexity index is 945. The Kier molecular flexibility index (Phi) is 6.90. The maximum Gasteiger partial charge on any atom is 0.336 e. The molecule has 0 saturated carbocycles. The predicted molar refractivity (Wildman–Crippen MR) is 88.2 cm³/mol. The molecule has 0 aliphatic heterocycles. The monoisotopic (exact) mass is 406 g/mol. The van der Waals surface area contributed by atoms with Gasteiger partial charge in [0.05, 0.1) is 23.9 Å². The van der Waals surface area contributed by atoms with Gasteiger partial charge in [-0.1, -0.05) is 42.5 Å². The van der Waals surface area contributed by atoms with Crippen LogP contribution in [0.4, 0.5) is 0 Å².